The average Bonchev–Trinajstić information content (AvgIpc) is 2.04. The fourth-order valence-corrected chi connectivity index (χ4v) is 0.557. The molecule has 0 bridgehead atoms. The van der Waals surface area contributed by atoms with Crippen LogP contribution in [0.25, 0.3) is 0 Å². The van der Waals surface area contributed by atoms with Gasteiger partial charge >= 0.3 is 0 Å². The van der Waals surface area contributed by atoms with Gasteiger partial charge in [-0.1, -0.05) is 12.1 Å². The molecule has 1 aromatic carbocycles. The van der Waals surface area contributed by atoms with Gasteiger partial charge in [-0.2, -0.15) is 0 Å². The number of rotatable bonds is 0. The van der Waals surface area contributed by atoms with Crippen molar-refractivity contribution in [2.45, 2.75) is 0 Å². The molecule has 0 aromatic heterocycles. The Morgan fingerprint density at radius 2 is 1.00 bits per heavy atom. The van der Waals surface area contributed by atoms with Crippen LogP contribution in [0.5, 0.6) is 0 Å². The van der Waals surface area contributed by atoms with E-state index >= 15 is 0 Å². The molecule has 0 radical (unpaired) electrons. The number of benzene rings is 1. The Morgan fingerprint density at radius 3 is 1.11 bits per heavy atom. The Bertz CT molecular complexity index is 383. The highest BCUT2D eigenvalue weighted by atomic mass is 31.2. The molecule has 0 aliphatic carbocycles. The normalized spacial score (nSPS) is 10.7. The van der Waals surface area contributed by atoms with Crippen LogP contribution < -0.4 is 21.3 Å². The zero-order valence-corrected chi connectivity index (χ0v) is 10.8. The van der Waals surface area contributed by atoms with Gasteiger partial charge in [0.1, 0.15) is 0 Å². The van der Waals surface area contributed by atoms with E-state index in [0.717, 1.165) is 11.4 Å². The van der Waals surface area contributed by atoms with Crippen LogP contribution in [-0.2, 0) is 9.13 Å². The minimum atomic E-state index is -4.89. The molecule has 106 valence electrons. The third-order valence-electron chi connectivity index (χ3n) is 1.12. The molecule has 10 nitrogen and oxygen atoms in total. The van der Waals surface area contributed by atoms with E-state index in [2.05, 4.69) is 11.5 Å². The van der Waals surface area contributed by atoms with Crippen molar-refractivity contribution < 1.29 is 50.0 Å². The lowest BCUT2D eigenvalue weighted by Crippen LogP contribution is -2.49. The molecule has 12 heteroatoms. The van der Waals surface area contributed by atoms with Crippen LogP contribution in [0.15, 0.2) is 24.3 Å². The summed E-state index contributed by atoms with van der Waals surface area (Å²) in [7, 11) is -9.78. The van der Waals surface area contributed by atoms with Crippen LogP contribution in [0.1, 0.15) is 0 Å². The summed E-state index contributed by atoms with van der Waals surface area (Å²) in [6, 6.07) is 7.80. The number of quaternary nitrogens is 2. The Morgan fingerprint density at radius 1 is 0.833 bits per heavy atom. The molecule has 0 saturated heterocycles. The smallest absolute Gasteiger partial charge is 0.262 e. The first kappa shape index (κ1) is 19.7. The lowest BCUT2D eigenvalue weighted by atomic mass is 10.3. The number of phosphoric acid groups is 2. The van der Waals surface area contributed by atoms with Crippen molar-refractivity contribution >= 4 is 27.0 Å². The predicted molar refractivity (Wildman–Crippen MR) is 55.6 cm³/mol. The van der Waals surface area contributed by atoms with E-state index in [1.807, 2.05) is 24.3 Å². The predicted octanol–water partition coefficient (Wildman–Crippen LogP) is -3.69. The van der Waals surface area contributed by atoms with Crippen LogP contribution in [0.2, 0.25) is 0 Å². The first-order valence-corrected chi connectivity index (χ1v) is 7.13. The highest BCUT2D eigenvalue weighted by Crippen LogP contribution is 2.19. The minimum Gasteiger partial charge on any atom is -0.756 e. The van der Waals surface area contributed by atoms with Crippen LogP contribution in [0, 0.1) is 0 Å². The third-order valence-corrected chi connectivity index (χ3v) is 1.12. The van der Waals surface area contributed by atoms with Crippen molar-refractivity contribution in [3.05, 3.63) is 24.3 Å². The molecule has 0 fully saturated rings. The molecule has 1 aromatic rings. The molecule has 0 spiro atoms. The SMILES string of the molecule is O=P([O-])(O)O.O=P([O-])(O)O.[NH3+]c1ccccc1[NH3+]. The van der Waals surface area contributed by atoms with Crippen LogP contribution in [0.4, 0.5) is 11.4 Å². The van der Waals surface area contributed by atoms with E-state index in [1.165, 1.54) is 0 Å². The van der Waals surface area contributed by atoms with Crippen molar-refractivity contribution in [1.29, 1.82) is 0 Å². The molecule has 0 atom stereocenters. The van der Waals surface area contributed by atoms with Gasteiger partial charge in [0.15, 0.2) is 11.4 Å². The van der Waals surface area contributed by atoms with E-state index < -0.39 is 15.6 Å². The van der Waals surface area contributed by atoms with Crippen LogP contribution in [0.3, 0.4) is 0 Å². The van der Waals surface area contributed by atoms with E-state index in [9.17, 15) is 0 Å². The third kappa shape index (κ3) is 29.5. The highest BCUT2D eigenvalue weighted by molar-refractivity contribution is 7.43. The van der Waals surface area contributed by atoms with Gasteiger partial charge in [-0.25, -0.2) is 0 Å². The Balaban J connectivity index is 0. The maximum absolute atomic E-state index is 8.77. The minimum absolute atomic E-state index is 1.01. The molecular weight excluding hydrogens is 290 g/mol. The molecule has 0 unspecified atom stereocenters. The molecule has 1 rings (SSSR count). The van der Waals surface area contributed by atoms with Crippen LogP contribution >= 0.6 is 15.6 Å². The summed E-state index contributed by atoms with van der Waals surface area (Å²) < 4.78 is 17.5. The van der Waals surface area contributed by atoms with Gasteiger partial charge in [0, 0.05) is 12.1 Å². The van der Waals surface area contributed by atoms with Gasteiger partial charge in [-0.15, -0.1) is 0 Å². The standard InChI is InChI=1S/C6H8N2.2H3O4P/c7-5-3-1-2-4-6(5)8;2*1-5(2,3)4/h1-4H,7-8H2;2*(H3,1,2,3,4). The summed E-state index contributed by atoms with van der Waals surface area (Å²) in [5, 5.41) is 0. The van der Waals surface area contributed by atoms with Crippen molar-refractivity contribution in [3.8, 4) is 0 Å². The molecule has 0 amide bonds. The summed E-state index contributed by atoms with van der Waals surface area (Å²) in [5.74, 6) is 0. The topological polar surface area (TPSA) is 216 Å². The zero-order chi connectivity index (χ0) is 15.0. The zero-order valence-electron chi connectivity index (χ0n) is 9.04. The highest BCUT2D eigenvalue weighted by Gasteiger charge is 1.94. The summed E-state index contributed by atoms with van der Waals surface area (Å²) in [6.45, 7) is 0. The van der Waals surface area contributed by atoms with E-state index in [4.69, 9.17) is 38.5 Å². The van der Waals surface area contributed by atoms with Gasteiger partial charge in [0.05, 0.1) is 0 Å². The summed E-state index contributed by atoms with van der Waals surface area (Å²) in [6.07, 6.45) is 0. The lowest BCUT2D eigenvalue weighted by molar-refractivity contribution is -0.299. The van der Waals surface area contributed by atoms with Gasteiger partial charge in [0.25, 0.3) is 15.6 Å². The quantitative estimate of drug-likeness (QED) is 0.261. The second-order valence-corrected chi connectivity index (χ2v) is 4.71. The Labute approximate surface area is 102 Å². The largest absolute Gasteiger partial charge is 0.756 e. The molecule has 0 saturated carbocycles. The van der Waals surface area contributed by atoms with Crippen molar-refractivity contribution in [1.82, 2.24) is 0 Å². The second kappa shape index (κ2) is 8.46. The first-order chi connectivity index (χ1) is 7.80. The Hall–Kier alpha value is -0.640. The molecule has 0 heterocycles. The summed E-state index contributed by atoms with van der Waals surface area (Å²) in [5.41, 5.74) is 9.53. The van der Waals surface area contributed by atoms with Crippen molar-refractivity contribution in [2.75, 3.05) is 0 Å². The van der Waals surface area contributed by atoms with E-state index in [-0.39, 0.29) is 0 Å². The first-order valence-electron chi connectivity index (χ1n) is 4.06. The molecular formula is C6H14N2O8P2. The maximum atomic E-state index is 8.77. The molecule has 10 N–H and O–H groups in total. The van der Waals surface area contributed by atoms with Gasteiger partial charge in [-0.05, 0) is 0 Å². The van der Waals surface area contributed by atoms with Gasteiger partial charge < -0.3 is 40.8 Å². The van der Waals surface area contributed by atoms with Gasteiger partial charge in [-0.3, -0.25) is 9.13 Å². The fraction of sp³-hybridized carbons (Fsp3) is 0. The number of hydrogen-bond acceptors (Lipinski definition) is 4. The monoisotopic (exact) mass is 304 g/mol. The van der Waals surface area contributed by atoms with Crippen molar-refractivity contribution in [2.24, 2.45) is 0 Å². The maximum Gasteiger partial charge on any atom is 0.262 e. The Kier molecular flexibility index (Phi) is 9.26. The molecule has 0 aliphatic heterocycles. The van der Waals surface area contributed by atoms with E-state index in [0.29, 0.717) is 0 Å². The molecule has 18 heavy (non-hydrogen) atoms. The fourth-order valence-electron chi connectivity index (χ4n) is 0.557. The van der Waals surface area contributed by atoms with Crippen LogP contribution in [-0.4, -0.2) is 19.6 Å². The summed E-state index contributed by atoms with van der Waals surface area (Å²) in [4.78, 5) is 45.8. The second-order valence-electron chi connectivity index (χ2n) is 2.75. The van der Waals surface area contributed by atoms with Crippen molar-refractivity contribution in [3.63, 3.8) is 0 Å². The van der Waals surface area contributed by atoms with E-state index in [1.54, 1.807) is 0 Å². The molecule has 0 aliphatic rings. The van der Waals surface area contributed by atoms with Gasteiger partial charge in [0.2, 0.25) is 0 Å². The summed E-state index contributed by atoms with van der Waals surface area (Å²) >= 11 is 0. The lowest BCUT2D eigenvalue weighted by Gasteiger charge is -2.01. The number of hydrogen-bond donors (Lipinski definition) is 6. The average molecular weight is 304 g/mol.